The Balaban J connectivity index is 1.33. The van der Waals surface area contributed by atoms with Crippen LogP contribution in [0.2, 0.25) is 0 Å². The Hall–Kier alpha value is -3.79. The number of aryl methyl sites for hydroxylation is 1. The summed E-state index contributed by atoms with van der Waals surface area (Å²) < 4.78 is 32.7. The molecule has 0 aliphatic carbocycles. The van der Waals surface area contributed by atoms with Gasteiger partial charge < -0.3 is 20.0 Å². The molecule has 4 rings (SSSR count). The average molecular weight is 469 g/mol. The Morgan fingerprint density at radius 2 is 1.76 bits per heavy atom. The minimum absolute atomic E-state index is 0.0528. The lowest BCUT2D eigenvalue weighted by Crippen LogP contribution is -2.49. The summed E-state index contributed by atoms with van der Waals surface area (Å²) in [6.45, 7) is 4.56. The van der Waals surface area contributed by atoms with Crippen molar-refractivity contribution in [3.05, 3.63) is 71.1 Å². The van der Waals surface area contributed by atoms with Gasteiger partial charge in [0.15, 0.2) is 0 Å². The van der Waals surface area contributed by atoms with Crippen molar-refractivity contribution in [2.75, 3.05) is 38.5 Å². The molecule has 1 aliphatic heterocycles. The number of oxazole rings is 1. The quantitative estimate of drug-likeness (QED) is 0.596. The monoisotopic (exact) mass is 469 g/mol. The van der Waals surface area contributed by atoms with E-state index in [4.69, 9.17) is 4.42 Å². The fraction of sp³-hybridized carbons (Fsp3) is 0.292. The Morgan fingerprint density at radius 3 is 2.41 bits per heavy atom. The molecule has 0 spiro atoms. The summed E-state index contributed by atoms with van der Waals surface area (Å²) in [5, 5.41) is 5.07. The number of nitrogens with one attached hydrogen (secondary N) is 2. The van der Waals surface area contributed by atoms with Gasteiger partial charge in [-0.15, -0.1) is 0 Å². The van der Waals surface area contributed by atoms with Gasteiger partial charge in [0.05, 0.1) is 11.4 Å². The summed E-state index contributed by atoms with van der Waals surface area (Å²) in [6, 6.07) is 9.63. The molecule has 3 aromatic rings. The first-order chi connectivity index (χ1) is 16.3. The van der Waals surface area contributed by atoms with Crippen molar-refractivity contribution in [3.63, 3.8) is 0 Å². The lowest BCUT2D eigenvalue weighted by molar-refractivity contribution is 0.0963. The van der Waals surface area contributed by atoms with Crippen molar-refractivity contribution in [2.45, 2.75) is 13.5 Å². The van der Waals surface area contributed by atoms with E-state index in [1.807, 2.05) is 6.92 Å². The molecule has 10 heteroatoms. The highest BCUT2D eigenvalue weighted by atomic mass is 19.1. The molecule has 1 fully saturated rings. The normalized spacial score (nSPS) is 14.2. The topological polar surface area (TPSA) is 90.7 Å². The SMILES string of the molecule is CNC(=O)c1ccc(-c2nc(CN3CCN(C(=O)Nc4ccc(F)cc4F)CC3)c(C)o2)cc1. The van der Waals surface area contributed by atoms with E-state index in [2.05, 4.69) is 20.5 Å². The van der Waals surface area contributed by atoms with Crippen LogP contribution in [0.5, 0.6) is 0 Å². The number of piperazine rings is 1. The highest BCUT2D eigenvalue weighted by Crippen LogP contribution is 2.23. The second-order valence-electron chi connectivity index (χ2n) is 8.00. The van der Waals surface area contributed by atoms with Gasteiger partial charge in [0.2, 0.25) is 5.89 Å². The number of urea groups is 1. The van der Waals surface area contributed by atoms with Crippen LogP contribution >= 0.6 is 0 Å². The van der Waals surface area contributed by atoms with Gasteiger partial charge in [-0.2, -0.15) is 0 Å². The Morgan fingerprint density at radius 1 is 1.06 bits per heavy atom. The van der Waals surface area contributed by atoms with Crippen LogP contribution in [0, 0.1) is 18.6 Å². The van der Waals surface area contributed by atoms with Crippen LogP contribution < -0.4 is 10.6 Å². The molecule has 34 heavy (non-hydrogen) atoms. The molecule has 3 amide bonds. The second kappa shape index (κ2) is 10.0. The summed E-state index contributed by atoms with van der Waals surface area (Å²) in [6.07, 6.45) is 0. The van der Waals surface area contributed by atoms with Crippen LogP contribution in [-0.2, 0) is 6.54 Å². The van der Waals surface area contributed by atoms with Gasteiger partial charge in [-0.05, 0) is 43.3 Å². The molecule has 1 aliphatic rings. The smallest absolute Gasteiger partial charge is 0.322 e. The van der Waals surface area contributed by atoms with E-state index < -0.39 is 17.7 Å². The van der Waals surface area contributed by atoms with Crippen molar-refractivity contribution < 1.29 is 22.8 Å². The molecule has 0 unspecified atom stereocenters. The summed E-state index contributed by atoms with van der Waals surface area (Å²) in [5.74, 6) is -0.483. The minimum atomic E-state index is -0.812. The molecule has 1 saturated heterocycles. The standard InChI is InChI=1S/C24H25F2N5O3/c1-15-21(28-23(34-15)17-5-3-16(4-6-17)22(32)27-2)14-30-9-11-31(12-10-30)24(33)29-20-8-7-18(25)13-19(20)26/h3-8,13H,9-12,14H2,1-2H3,(H,27,32)(H,29,33). The summed E-state index contributed by atoms with van der Waals surface area (Å²) in [4.78, 5) is 32.5. The second-order valence-corrected chi connectivity index (χ2v) is 8.00. The maximum atomic E-state index is 13.8. The van der Waals surface area contributed by atoms with Crippen molar-refractivity contribution in [1.29, 1.82) is 0 Å². The maximum absolute atomic E-state index is 13.8. The summed E-state index contributed by atoms with van der Waals surface area (Å²) >= 11 is 0. The summed E-state index contributed by atoms with van der Waals surface area (Å²) in [7, 11) is 1.58. The van der Waals surface area contributed by atoms with Gasteiger partial charge in [-0.1, -0.05) is 0 Å². The van der Waals surface area contributed by atoms with Gasteiger partial charge in [0, 0.05) is 57.0 Å². The zero-order chi connectivity index (χ0) is 24.2. The number of halogens is 2. The zero-order valence-corrected chi connectivity index (χ0v) is 18.9. The zero-order valence-electron chi connectivity index (χ0n) is 18.9. The number of rotatable bonds is 5. The van der Waals surface area contributed by atoms with E-state index in [9.17, 15) is 18.4 Å². The number of amides is 3. The van der Waals surface area contributed by atoms with Crippen LogP contribution in [0.4, 0.5) is 19.3 Å². The van der Waals surface area contributed by atoms with Crippen LogP contribution in [0.1, 0.15) is 21.8 Å². The van der Waals surface area contributed by atoms with E-state index in [-0.39, 0.29) is 11.6 Å². The van der Waals surface area contributed by atoms with E-state index in [1.165, 1.54) is 6.07 Å². The van der Waals surface area contributed by atoms with Crippen LogP contribution in [0.3, 0.4) is 0 Å². The van der Waals surface area contributed by atoms with Gasteiger partial charge in [0.25, 0.3) is 5.91 Å². The number of benzene rings is 2. The number of hydrogen-bond acceptors (Lipinski definition) is 5. The fourth-order valence-electron chi connectivity index (χ4n) is 3.71. The Labute approximate surface area is 195 Å². The molecule has 0 radical (unpaired) electrons. The number of aromatic nitrogens is 1. The number of nitrogens with zero attached hydrogens (tertiary/aromatic N) is 3. The minimum Gasteiger partial charge on any atom is -0.441 e. The van der Waals surface area contributed by atoms with Gasteiger partial charge >= 0.3 is 6.03 Å². The van der Waals surface area contributed by atoms with Crippen molar-refractivity contribution in [2.24, 2.45) is 0 Å². The van der Waals surface area contributed by atoms with Crippen LogP contribution in [0.25, 0.3) is 11.5 Å². The molecule has 8 nitrogen and oxygen atoms in total. The number of carbonyl (C=O) groups is 2. The lowest BCUT2D eigenvalue weighted by atomic mass is 10.1. The molecular formula is C24H25F2N5O3. The van der Waals surface area contributed by atoms with E-state index in [0.29, 0.717) is 49.9 Å². The third-order valence-corrected chi connectivity index (χ3v) is 5.72. The van der Waals surface area contributed by atoms with Gasteiger partial charge in [-0.25, -0.2) is 18.6 Å². The first kappa shape index (κ1) is 23.4. The molecule has 178 valence electrons. The van der Waals surface area contributed by atoms with E-state index >= 15 is 0 Å². The largest absolute Gasteiger partial charge is 0.441 e. The van der Waals surface area contributed by atoms with Crippen molar-refractivity contribution >= 4 is 17.6 Å². The van der Waals surface area contributed by atoms with Gasteiger partial charge in [0.1, 0.15) is 17.4 Å². The predicted molar refractivity (Wildman–Crippen MR) is 122 cm³/mol. The highest BCUT2D eigenvalue weighted by molar-refractivity contribution is 5.94. The van der Waals surface area contributed by atoms with E-state index in [0.717, 1.165) is 23.4 Å². The van der Waals surface area contributed by atoms with Gasteiger partial charge in [-0.3, -0.25) is 9.69 Å². The number of hydrogen-bond donors (Lipinski definition) is 2. The Kier molecular flexibility index (Phi) is 6.87. The predicted octanol–water partition coefficient (Wildman–Crippen LogP) is 3.64. The summed E-state index contributed by atoms with van der Waals surface area (Å²) in [5.41, 5.74) is 2.08. The van der Waals surface area contributed by atoms with E-state index in [1.54, 1.807) is 36.2 Å². The molecule has 2 aromatic carbocycles. The molecule has 0 saturated carbocycles. The first-order valence-electron chi connectivity index (χ1n) is 10.9. The van der Waals surface area contributed by atoms with Crippen molar-refractivity contribution in [3.8, 4) is 11.5 Å². The van der Waals surface area contributed by atoms with Crippen LogP contribution in [0.15, 0.2) is 46.9 Å². The molecule has 0 bridgehead atoms. The Bertz CT molecular complexity index is 1190. The molecule has 1 aromatic heterocycles. The number of anilines is 1. The highest BCUT2D eigenvalue weighted by Gasteiger charge is 2.23. The third kappa shape index (κ3) is 5.23. The average Bonchev–Trinajstić information content (AvgIpc) is 3.20. The van der Waals surface area contributed by atoms with Crippen LogP contribution in [-0.4, -0.2) is 59.9 Å². The molecule has 2 N–H and O–H groups in total. The number of carbonyl (C=O) groups excluding carboxylic acids is 2. The first-order valence-corrected chi connectivity index (χ1v) is 10.9. The molecule has 2 heterocycles. The lowest BCUT2D eigenvalue weighted by Gasteiger charge is -2.34. The third-order valence-electron chi connectivity index (χ3n) is 5.72. The molecular weight excluding hydrogens is 444 g/mol. The fourth-order valence-corrected chi connectivity index (χ4v) is 3.71. The van der Waals surface area contributed by atoms with Crippen molar-refractivity contribution in [1.82, 2.24) is 20.1 Å². The molecule has 0 atom stereocenters. The maximum Gasteiger partial charge on any atom is 0.322 e.